The van der Waals surface area contributed by atoms with E-state index in [0.29, 0.717) is 6.10 Å². The second-order valence-corrected chi connectivity index (χ2v) is 7.17. The highest BCUT2D eigenvalue weighted by Gasteiger charge is 2.26. The highest BCUT2D eigenvalue weighted by atomic mass is 79.9. The van der Waals surface area contributed by atoms with Gasteiger partial charge < -0.3 is 10.5 Å². The van der Waals surface area contributed by atoms with Crippen LogP contribution in [0.15, 0.2) is 15.9 Å². The molecule has 0 amide bonds. The van der Waals surface area contributed by atoms with E-state index in [4.69, 9.17) is 10.5 Å². The van der Waals surface area contributed by atoms with Crippen molar-refractivity contribution in [1.29, 1.82) is 0 Å². The van der Waals surface area contributed by atoms with Crippen molar-refractivity contribution in [1.82, 2.24) is 0 Å². The van der Waals surface area contributed by atoms with Crippen molar-refractivity contribution in [2.75, 3.05) is 0 Å². The summed E-state index contributed by atoms with van der Waals surface area (Å²) in [6.45, 7) is 2.12. The Hall–Kier alpha value is 0.1000. The number of hydrogen-bond acceptors (Lipinski definition) is 3. The fraction of sp³-hybridized carbons (Fsp3) is 0.692. The molecule has 1 fully saturated rings. The van der Waals surface area contributed by atoms with E-state index in [1.54, 1.807) is 11.3 Å². The lowest BCUT2D eigenvalue weighted by Gasteiger charge is -2.25. The van der Waals surface area contributed by atoms with Gasteiger partial charge in [0, 0.05) is 10.9 Å². The second-order valence-electron chi connectivity index (χ2n) is 4.68. The van der Waals surface area contributed by atoms with E-state index in [1.165, 1.54) is 30.6 Å². The van der Waals surface area contributed by atoms with Crippen LogP contribution < -0.4 is 5.73 Å². The summed E-state index contributed by atoms with van der Waals surface area (Å²) >= 11 is 5.24. The molecule has 0 aliphatic heterocycles. The van der Waals surface area contributed by atoms with E-state index in [1.807, 2.05) is 0 Å². The van der Waals surface area contributed by atoms with Gasteiger partial charge in [-0.15, -0.1) is 11.3 Å². The average Bonchev–Trinajstić information content (AvgIpc) is 2.96. The van der Waals surface area contributed by atoms with Crippen LogP contribution in [0, 0.1) is 0 Å². The number of ether oxygens (including phenoxy) is 1. The highest BCUT2D eigenvalue weighted by Crippen LogP contribution is 2.35. The second kappa shape index (κ2) is 6.32. The molecule has 17 heavy (non-hydrogen) atoms. The van der Waals surface area contributed by atoms with Crippen LogP contribution in [0.2, 0.25) is 0 Å². The van der Waals surface area contributed by atoms with Crippen LogP contribution in [-0.4, -0.2) is 12.1 Å². The minimum atomic E-state index is 0.0689. The molecule has 2 N–H and O–H groups in total. The van der Waals surface area contributed by atoms with Crippen LogP contribution in [0.5, 0.6) is 0 Å². The van der Waals surface area contributed by atoms with Crippen molar-refractivity contribution in [3.63, 3.8) is 0 Å². The Balaban J connectivity index is 2.07. The molecule has 0 aromatic carbocycles. The Morgan fingerprint density at radius 3 is 2.71 bits per heavy atom. The molecule has 2 nitrogen and oxygen atoms in total. The Morgan fingerprint density at radius 2 is 2.18 bits per heavy atom. The molecule has 1 aliphatic carbocycles. The fourth-order valence-corrected chi connectivity index (χ4v) is 3.84. The molecule has 1 aromatic rings. The van der Waals surface area contributed by atoms with Gasteiger partial charge >= 0.3 is 0 Å². The molecule has 0 radical (unpaired) electrons. The summed E-state index contributed by atoms with van der Waals surface area (Å²) in [5, 5.41) is 0. The average molecular weight is 318 g/mol. The minimum absolute atomic E-state index is 0.0689. The third-order valence-corrected chi connectivity index (χ3v) is 5.06. The molecule has 1 saturated carbocycles. The lowest BCUT2D eigenvalue weighted by atomic mass is 10.1. The van der Waals surface area contributed by atoms with E-state index >= 15 is 0 Å². The van der Waals surface area contributed by atoms with Gasteiger partial charge in [-0.3, -0.25) is 0 Å². The Bertz CT molecular complexity index is 349. The smallest absolute Gasteiger partial charge is 0.107 e. The van der Waals surface area contributed by atoms with Gasteiger partial charge in [-0.2, -0.15) is 0 Å². The molecule has 1 aliphatic rings. The molecule has 4 heteroatoms. The molecular weight excluding hydrogens is 298 g/mol. The fourth-order valence-electron chi connectivity index (χ4n) is 2.31. The third kappa shape index (κ3) is 3.53. The Morgan fingerprint density at radius 1 is 1.47 bits per heavy atom. The number of thiophene rings is 1. The first-order valence-corrected chi connectivity index (χ1v) is 7.98. The SMILES string of the molecule is CCC(N)C(OC1CCCC1)c1ccc(Br)s1. The zero-order chi connectivity index (χ0) is 12.3. The quantitative estimate of drug-likeness (QED) is 0.881. The molecule has 0 saturated heterocycles. The normalized spacial score (nSPS) is 20.6. The molecule has 2 unspecified atom stereocenters. The maximum atomic E-state index is 6.23. The summed E-state index contributed by atoms with van der Waals surface area (Å²) < 4.78 is 7.38. The maximum absolute atomic E-state index is 6.23. The predicted molar refractivity (Wildman–Crippen MR) is 76.4 cm³/mol. The Labute approximate surface area is 116 Å². The van der Waals surface area contributed by atoms with E-state index in [2.05, 4.69) is 35.0 Å². The van der Waals surface area contributed by atoms with Gasteiger partial charge in [0.05, 0.1) is 9.89 Å². The summed E-state index contributed by atoms with van der Waals surface area (Å²) in [5.41, 5.74) is 6.20. The zero-order valence-corrected chi connectivity index (χ0v) is 12.6. The van der Waals surface area contributed by atoms with Crippen LogP contribution in [0.4, 0.5) is 0 Å². The van der Waals surface area contributed by atoms with Crippen molar-refractivity contribution in [2.45, 2.75) is 57.3 Å². The van der Waals surface area contributed by atoms with E-state index < -0.39 is 0 Å². The van der Waals surface area contributed by atoms with Crippen molar-refractivity contribution >= 4 is 27.3 Å². The molecule has 0 bridgehead atoms. The lowest BCUT2D eigenvalue weighted by molar-refractivity contribution is -0.0217. The molecule has 2 atom stereocenters. The largest absolute Gasteiger partial charge is 0.368 e. The first kappa shape index (κ1) is 13.5. The van der Waals surface area contributed by atoms with E-state index in [0.717, 1.165) is 10.2 Å². The minimum Gasteiger partial charge on any atom is -0.368 e. The van der Waals surface area contributed by atoms with Crippen LogP contribution in [0.25, 0.3) is 0 Å². The molecular formula is C13H20BrNOS. The van der Waals surface area contributed by atoms with Crippen LogP contribution in [0.1, 0.15) is 50.0 Å². The molecule has 2 rings (SSSR count). The van der Waals surface area contributed by atoms with E-state index in [9.17, 15) is 0 Å². The standard InChI is InChI=1S/C13H20BrNOS/c1-2-10(15)13(11-7-8-12(14)17-11)16-9-5-3-4-6-9/h7-10,13H,2-6,15H2,1H3. The number of rotatable bonds is 5. The summed E-state index contributed by atoms with van der Waals surface area (Å²) in [6.07, 6.45) is 6.42. The van der Waals surface area contributed by atoms with Gasteiger partial charge in [-0.1, -0.05) is 19.8 Å². The van der Waals surface area contributed by atoms with Crippen molar-refractivity contribution in [3.8, 4) is 0 Å². The van der Waals surface area contributed by atoms with Crippen molar-refractivity contribution in [3.05, 3.63) is 20.8 Å². The summed E-state index contributed by atoms with van der Waals surface area (Å²) in [4.78, 5) is 1.25. The van der Waals surface area contributed by atoms with Crippen molar-refractivity contribution in [2.24, 2.45) is 5.73 Å². The van der Waals surface area contributed by atoms with Crippen LogP contribution in [-0.2, 0) is 4.74 Å². The summed E-state index contributed by atoms with van der Waals surface area (Å²) in [6, 6.07) is 4.30. The predicted octanol–water partition coefficient (Wildman–Crippen LogP) is 4.25. The zero-order valence-electron chi connectivity index (χ0n) is 10.2. The van der Waals surface area contributed by atoms with Crippen LogP contribution in [0.3, 0.4) is 0 Å². The first-order chi connectivity index (χ1) is 8.20. The van der Waals surface area contributed by atoms with Crippen molar-refractivity contribution < 1.29 is 4.74 Å². The summed E-state index contributed by atoms with van der Waals surface area (Å²) in [7, 11) is 0. The topological polar surface area (TPSA) is 35.2 Å². The molecule has 1 heterocycles. The Kier molecular flexibility index (Phi) is 5.03. The monoisotopic (exact) mass is 317 g/mol. The molecule has 1 aromatic heterocycles. The maximum Gasteiger partial charge on any atom is 0.107 e. The van der Waals surface area contributed by atoms with Gasteiger partial charge in [-0.05, 0) is 47.3 Å². The van der Waals surface area contributed by atoms with Gasteiger partial charge in [0.2, 0.25) is 0 Å². The highest BCUT2D eigenvalue weighted by molar-refractivity contribution is 9.11. The van der Waals surface area contributed by atoms with Crippen LogP contribution >= 0.6 is 27.3 Å². The van der Waals surface area contributed by atoms with Gasteiger partial charge in [0.25, 0.3) is 0 Å². The van der Waals surface area contributed by atoms with Gasteiger partial charge in [0.1, 0.15) is 6.10 Å². The third-order valence-electron chi connectivity index (χ3n) is 3.38. The number of halogens is 1. The number of nitrogens with two attached hydrogens (primary N) is 1. The van der Waals surface area contributed by atoms with Gasteiger partial charge in [-0.25, -0.2) is 0 Å². The van der Waals surface area contributed by atoms with Gasteiger partial charge in [0.15, 0.2) is 0 Å². The van der Waals surface area contributed by atoms with E-state index in [-0.39, 0.29) is 12.1 Å². The number of hydrogen-bond donors (Lipinski definition) is 1. The lowest BCUT2D eigenvalue weighted by Crippen LogP contribution is -2.31. The molecule has 96 valence electrons. The molecule has 0 spiro atoms. The summed E-state index contributed by atoms with van der Waals surface area (Å²) in [5.74, 6) is 0. The first-order valence-electron chi connectivity index (χ1n) is 6.37.